The number of nitrogens with zero attached hydrogens (tertiary/aromatic N) is 1. The van der Waals surface area contributed by atoms with E-state index >= 15 is 0 Å². The van der Waals surface area contributed by atoms with Crippen molar-refractivity contribution in [1.82, 2.24) is 4.90 Å². The van der Waals surface area contributed by atoms with Crippen molar-refractivity contribution in [2.24, 2.45) is 5.92 Å². The van der Waals surface area contributed by atoms with E-state index in [0.717, 1.165) is 25.9 Å². The first-order valence-corrected chi connectivity index (χ1v) is 10.9. The van der Waals surface area contributed by atoms with E-state index in [4.69, 9.17) is 4.18 Å². The Balaban J connectivity index is 1.79. The van der Waals surface area contributed by atoms with Gasteiger partial charge in [-0.15, -0.1) is 0 Å². The van der Waals surface area contributed by atoms with Crippen LogP contribution in [-0.2, 0) is 10.1 Å². The second-order valence-electron chi connectivity index (χ2n) is 6.44. The summed E-state index contributed by atoms with van der Waals surface area (Å²) in [5, 5.41) is 0. The molecule has 0 bridgehead atoms. The van der Waals surface area contributed by atoms with E-state index in [1.54, 1.807) is 36.4 Å². The van der Waals surface area contributed by atoms with Crippen molar-refractivity contribution in [3.05, 3.63) is 57.7 Å². The van der Waals surface area contributed by atoms with E-state index < -0.39 is 10.1 Å². The van der Waals surface area contributed by atoms with Crippen LogP contribution < -0.4 is 4.18 Å². The molecule has 0 spiro atoms. The number of rotatable bonds is 5. The lowest BCUT2D eigenvalue weighted by Crippen LogP contribution is -2.33. The van der Waals surface area contributed by atoms with Crippen LogP contribution in [0.25, 0.3) is 0 Å². The molecule has 0 aromatic heterocycles. The van der Waals surface area contributed by atoms with Gasteiger partial charge in [-0.05, 0) is 79.8 Å². The topological polar surface area (TPSA) is 63.7 Å². The van der Waals surface area contributed by atoms with E-state index in [0.29, 0.717) is 9.13 Å². The van der Waals surface area contributed by atoms with Gasteiger partial charge in [-0.2, -0.15) is 8.42 Å². The molecule has 0 atom stereocenters. The zero-order chi connectivity index (χ0) is 18.7. The molecule has 26 heavy (non-hydrogen) atoms. The smallest absolute Gasteiger partial charge is 0.340 e. The zero-order valence-electron chi connectivity index (χ0n) is 14.4. The number of carbonyl (C=O) groups excluding carboxylic acids is 1. The monoisotopic (exact) mass is 485 g/mol. The molecule has 0 N–H and O–H groups in total. The summed E-state index contributed by atoms with van der Waals surface area (Å²) in [4.78, 5) is 15.0. The Morgan fingerprint density at radius 1 is 1.12 bits per heavy atom. The molecule has 5 nitrogen and oxygen atoms in total. The largest absolute Gasteiger partial charge is 0.379 e. The van der Waals surface area contributed by atoms with Gasteiger partial charge in [-0.3, -0.25) is 4.79 Å². The second kappa shape index (κ2) is 8.06. The van der Waals surface area contributed by atoms with Gasteiger partial charge in [0.15, 0.2) is 5.78 Å². The van der Waals surface area contributed by atoms with Crippen molar-refractivity contribution in [3.63, 3.8) is 0 Å². The number of benzene rings is 2. The lowest BCUT2D eigenvalue weighted by molar-refractivity contribution is 0.0856. The van der Waals surface area contributed by atoms with Gasteiger partial charge < -0.3 is 9.08 Å². The average Bonchev–Trinajstić information content (AvgIpc) is 2.62. The molecule has 3 rings (SSSR count). The van der Waals surface area contributed by atoms with Crippen LogP contribution in [0, 0.1) is 9.49 Å². The minimum atomic E-state index is -3.94. The molecule has 1 aliphatic rings. The minimum Gasteiger partial charge on any atom is -0.379 e. The van der Waals surface area contributed by atoms with Crippen LogP contribution in [-0.4, -0.2) is 39.2 Å². The summed E-state index contributed by atoms with van der Waals surface area (Å²) in [5.74, 6) is 0.187. The normalized spacial score (nSPS) is 16.4. The zero-order valence-corrected chi connectivity index (χ0v) is 17.4. The van der Waals surface area contributed by atoms with Crippen LogP contribution >= 0.6 is 22.6 Å². The van der Waals surface area contributed by atoms with Gasteiger partial charge in [0.2, 0.25) is 0 Å². The molecule has 1 fully saturated rings. The molecule has 0 saturated carbocycles. The van der Waals surface area contributed by atoms with Crippen LogP contribution in [0.2, 0.25) is 0 Å². The summed E-state index contributed by atoms with van der Waals surface area (Å²) in [6, 6.07) is 13.1. The molecule has 7 heteroatoms. The third-order valence-electron chi connectivity index (χ3n) is 4.52. The van der Waals surface area contributed by atoms with E-state index in [2.05, 4.69) is 4.90 Å². The molecule has 0 amide bonds. The molecule has 0 radical (unpaired) electrons. The molecule has 2 aromatic carbocycles. The number of carbonyl (C=O) groups is 1. The number of likely N-dealkylation sites (tertiary alicyclic amines) is 1. The number of Topliss-reactive ketones (excluding diaryl/α,β-unsaturated/α-hetero) is 1. The third kappa shape index (κ3) is 4.44. The summed E-state index contributed by atoms with van der Waals surface area (Å²) in [6.07, 6.45) is 1.64. The van der Waals surface area contributed by atoms with Gasteiger partial charge in [-0.25, -0.2) is 0 Å². The number of hydrogen-bond donors (Lipinski definition) is 0. The predicted molar refractivity (Wildman–Crippen MR) is 108 cm³/mol. The molecule has 1 saturated heterocycles. The first-order valence-electron chi connectivity index (χ1n) is 8.38. The lowest BCUT2D eigenvalue weighted by atomic mass is 9.89. The molecule has 2 aromatic rings. The van der Waals surface area contributed by atoms with Gasteiger partial charge >= 0.3 is 10.1 Å². The van der Waals surface area contributed by atoms with Crippen LogP contribution in [0.15, 0.2) is 53.4 Å². The van der Waals surface area contributed by atoms with E-state index in [1.165, 1.54) is 12.1 Å². The Bertz CT molecular complexity index is 905. The van der Waals surface area contributed by atoms with E-state index in [9.17, 15) is 13.2 Å². The number of piperidine rings is 1. The molecular weight excluding hydrogens is 465 g/mol. The summed E-state index contributed by atoms with van der Waals surface area (Å²) < 4.78 is 30.9. The fourth-order valence-corrected chi connectivity index (χ4v) is 5.22. The highest BCUT2D eigenvalue weighted by molar-refractivity contribution is 14.1. The average molecular weight is 485 g/mol. The van der Waals surface area contributed by atoms with Crippen molar-refractivity contribution in [3.8, 4) is 5.75 Å². The first kappa shape index (κ1) is 19.3. The van der Waals surface area contributed by atoms with Crippen molar-refractivity contribution >= 4 is 38.5 Å². The Labute approximate surface area is 167 Å². The molecular formula is C19H20INO4S. The predicted octanol–water partition coefficient (Wildman–Crippen LogP) is 3.58. The fourth-order valence-electron chi connectivity index (χ4n) is 3.03. The third-order valence-corrected chi connectivity index (χ3v) is 7.13. The maximum Gasteiger partial charge on any atom is 0.340 e. The molecule has 0 aliphatic carbocycles. The quantitative estimate of drug-likeness (QED) is 0.368. The lowest BCUT2D eigenvalue weighted by Gasteiger charge is -2.28. The Kier molecular flexibility index (Phi) is 5.99. The van der Waals surface area contributed by atoms with Gasteiger partial charge in [-0.1, -0.05) is 24.3 Å². The van der Waals surface area contributed by atoms with Gasteiger partial charge in [0.25, 0.3) is 0 Å². The summed E-state index contributed by atoms with van der Waals surface area (Å²) in [7, 11) is -1.90. The van der Waals surface area contributed by atoms with Gasteiger partial charge in [0, 0.05) is 15.1 Å². The maximum absolute atomic E-state index is 12.7. The minimum absolute atomic E-state index is 0.0203. The van der Waals surface area contributed by atoms with Crippen molar-refractivity contribution in [2.75, 3.05) is 20.1 Å². The van der Waals surface area contributed by atoms with E-state index in [-0.39, 0.29) is 22.3 Å². The Morgan fingerprint density at radius 2 is 1.81 bits per heavy atom. The molecule has 0 unspecified atom stereocenters. The van der Waals surface area contributed by atoms with Gasteiger partial charge in [0.1, 0.15) is 10.6 Å². The number of ketones is 1. The van der Waals surface area contributed by atoms with Crippen molar-refractivity contribution < 1.29 is 17.4 Å². The second-order valence-corrected chi connectivity index (χ2v) is 9.11. The van der Waals surface area contributed by atoms with Crippen LogP contribution in [0.5, 0.6) is 5.75 Å². The molecule has 1 heterocycles. The van der Waals surface area contributed by atoms with Crippen LogP contribution in [0.3, 0.4) is 0 Å². The highest BCUT2D eigenvalue weighted by atomic mass is 127. The fraction of sp³-hybridized carbons (Fsp3) is 0.316. The van der Waals surface area contributed by atoms with Gasteiger partial charge in [0.05, 0.1) is 0 Å². The standard InChI is InChI=1S/C19H20INO4S/c1-21-11-9-14(10-12-21)19(22)15-5-4-6-16(13-15)25-26(23,24)18-8-3-2-7-17(18)20/h2-8,13-14H,9-12H2,1H3. The summed E-state index contributed by atoms with van der Waals surface area (Å²) in [5.41, 5.74) is 0.495. The van der Waals surface area contributed by atoms with Crippen molar-refractivity contribution in [1.29, 1.82) is 0 Å². The Morgan fingerprint density at radius 3 is 2.50 bits per heavy atom. The van der Waals surface area contributed by atoms with E-state index in [1.807, 2.05) is 29.6 Å². The SMILES string of the molecule is CN1CCC(C(=O)c2cccc(OS(=O)(=O)c3ccccc3I)c2)CC1. The Hall–Kier alpha value is -1.45. The molecule has 138 valence electrons. The van der Waals surface area contributed by atoms with Crippen LogP contribution in [0.4, 0.5) is 0 Å². The summed E-state index contributed by atoms with van der Waals surface area (Å²) >= 11 is 1.96. The van der Waals surface area contributed by atoms with Crippen LogP contribution in [0.1, 0.15) is 23.2 Å². The maximum atomic E-state index is 12.7. The number of hydrogen-bond acceptors (Lipinski definition) is 5. The first-order chi connectivity index (χ1) is 12.4. The highest BCUT2D eigenvalue weighted by Crippen LogP contribution is 2.26. The molecule has 1 aliphatic heterocycles. The van der Waals surface area contributed by atoms with Crippen molar-refractivity contribution in [2.45, 2.75) is 17.7 Å². The summed E-state index contributed by atoms with van der Waals surface area (Å²) in [6.45, 7) is 1.79. The highest BCUT2D eigenvalue weighted by Gasteiger charge is 2.25. The number of halogens is 1.